The van der Waals surface area contributed by atoms with Crippen LogP contribution in [0.5, 0.6) is 0 Å². The fraction of sp³-hybridized carbons (Fsp3) is 0.381. The molecule has 1 unspecified atom stereocenters. The van der Waals surface area contributed by atoms with Crippen molar-refractivity contribution in [3.05, 3.63) is 64.0 Å². The fourth-order valence-corrected chi connectivity index (χ4v) is 4.36. The van der Waals surface area contributed by atoms with Crippen LogP contribution in [0.25, 0.3) is 0 Å². The summed E-state index contributed by atoms with van der Waals surface area (Å²) in [5, 5.41) is 16.7. The maximum atomic E-state index is 12.0. The van der Waals surface area contributed by atoms with Crippen LogP contribution in [-0.4, -0.2) is 50.9 Å². The number of thiophene rings is 1. The first-order valence-electron chi connectivity index (χ1n) is 10.0. The number of rotatable bonds is 6. The third-order valence-corrected chi connectivity index (χ3v) is 6.05. The molecular weight excluding hydrogens is 461 g/mol. The summed E-state index contributed by atoms with van der Waals surface area (Å²) in [5.74, 6) is -2.58. The van der Waals surface area contributed by atoms with E-state index in [0.29, 0.717) is 12.3 Å². The maximum absolute atomic E-state index is 12.0. The molecule has 0 radical (unpaired) electrons. The summed E-state index contributed by atoms with van der Waals surface area (Å²) >= 11 is 1.82. The second-order valence-corrected chi connectivity index (χ2v) is 8.44. The average Bonchev–Trinajstić information content (AvgIpc) is 3.50. The van der Waals surface area contributed by atoms with E-state index in [9.17, 15) is 18.0 Å². The zero-order chi connectivity index (χ0) is 24.0. The lowest BCUT2D eigenvalue weighted by atomic mass is 10.1. The molecule has 3 aromatic rings. The van der Waals surface area contributed by atoms with Crippen LogP contribution in [0.2, 0.25) is 0 Å². The first-order chi connectivity index (χ1) is 15.6. The van der Waals surface area contributed by atoms with Gasteiger partial charge in [-0.05, 0) is 48.6 Å². The van der Waals surface area contributed by atoms with E-state index in [4.69, 9.17) is 14.3 Å². The topological polar surface area (TPSA) is 101 Å². The third kappa shape index (κ3) is 6.68. The van der Waals surface area contributed by atoms with Crippen LogP contribution >= 0.6 is 11.3 Å². The molecule has 178 valence electrons. The van der Waals surface area contributed by atoms with Crippen LogP contribution in [0, 0.1) is 6.92 Å². The van der Waals surface area contributed by atoms with E-state index in [2.05, 4.69) is 44.4 Å². The van der Waals surface area contributed by atoms with Gasteiger partial charge in [-0.25, -0.2) is 4.79 Å². The predicted octanol–water partition coefficient (Wildman–Crippen LogP) is 3.86. The molecule has 2 N–H and O–H groups in total. The van der Waals surface area contributed by atoms with Gasteiger partial charge in [0.15, 0.2) is 5.76 Å². The van der Waals surface area contributed by atoms with Crippen molar-refractivity contribution in [1.29, 1.82) is 0 Å². The molecule has 0 saturated carbocycles. The first kappa shape index (κ1) is 24.5. The van der Waals surface area contributed by atoms with E-state index >= 15 is 0 Å². The number of hydrogen-bond donors (Lipinski definition) is 2. The highest BCUT2D eigenvalue weighted by molar-refractivity contribution is 7.10. The summed E-state index contributed by atoms with van der Waals surface area (Å²) in [7, 11) is 0. The zero-order valence-electron chi connectivity index (χ0n) is 17.7. The number of carbonyl (C=O) groups excluding carboxylic acids is 1. The highest BCUT2D eigenvalue weighted by atomic mass is 32.1. The first-order valence-corrected chi connectivity index (χ1v) is 10.9. The molecule has 0 aromatic carbocycles. The number of hydrogen-bond acceptors (Lipinski definition) is 6. The Labute approximate surface area is 191 Å². The number of aliphatic carboxylic acids is 1. The Kier molecular flexibility index (Phi) is 7.92. The van der Waals surface area contributed by atoms with Gasteiger partial charge in [-0.2, -0.15) is 18.3 Å². The molecule has 1 aliphatic heterocycles. The number of aromatic nitrogens is 2. The molecule has 0 bridgehead atoms. The number of nitrogens with zero attached hydrogens (tertiary/aromatic N) is 3. The van der Waals surface area contributed by atoms with Crippen molar-refractivity contribution in [1.82, 2.24) is 20.0 Å². The maximum Gasteiger partial charge on any atom is 0.490 e. The lowest BCUT2D eigenvalue weighted by molar-refractivity contribution is -0.192. The van der Waals surface area contributed by atoms with Crippen LogP contribution in [0.4, 0.5) is 13.2 Å². The Morgan fingerprint density at radius 2 is 2.09 bits per heavy atom. The Balaban J connectivity index is 0.000000383. The monoisotopic (exact) mass is 484 g/mol. The molecular formula is C21H23F3N4O4S. The molecule has 0 fully saturated rings. The summed E-state index contributed by atoms with van der Waals surface area (Å²) in [6.45, 7) is 5.57. The van der Waals surface area contributed by atoms with Crippen molar-refractivity contribution < 1.29 is 32.3 Å². The van der Waals surface area contributed by atoms with E-state index in [1.807, 2.05) is 17.5 Å². The number of furan rings is 1. The normalized spacial score (nSPS) is 15.9. The molecule has 1 atom stereocenters. The number of carbonyl (C=O) groups is 2. The number of fused-ring (bicyclic) bond motifs is 1. The Bertz CT molecular complexity index is 1060. The Hall–Kier alpha value is -3.12. The van der Waals surface area contributed by atoms with Gasteiger partial charge >= 0.3 is 12.1 Å². The number of aryl methyl sites for hydroxylation is 1. The van der Waals surface area contributed by atoms with Crippen LogP contribution < -0.4 is 5.32 Å². The standard InChI is InChI=1S/C19H22N4O2S.C2HF3O2/c1-14-6-10-26-18(14)13-22-11-15(23-16(12-22)5-8-21-23)4-7-20-19(24)17-3-2-9-25-17;3-2(4,5)1(6)7/h2-3,5-6,8-10,15H,4,7,11-13H2,1H3,(H,20,24);(H,6,7). The van der Waals surface area contributed by atoms with Crippen LogP contribution in [-0.2, 0) is 17.9 Å². The molecule has 1 amide bonds. The van der Waals surface area contributed by atoms with E-state index in [0.717, 1.165) is 26.1 Å². The number of carboxylic acid groups (broad SMARTS) is 1. The SMILES string of the molecule is Cc1ccsc1CN1Cc2ccnn2C(CCNC(=O)c2ccco2)C1.O=C(O)C(F)(F)F. The number of halogens is 3. The number of alkyl halides is 3. The Morgan fingerprint density at radius 3 is 2.70 bits per heavy atom. The van der Waals surface area contributed by atoms with Crippen molar-refractivity contribution in [2.75, 3.05) is 13.1 Å². The molecule has 0 saturated heterocycles. The highest BCUT2D eigenvalue weighted by Gasteiger charge is 2.38. The minimum atomic E-state index is -5.08. The number of amides is 1. The van der Waals surface area contributed by atoms with Gasteiger partial charge in [0.1, 0.15) is 0 Å². The molecule has 1 aliphatic rings. The molecule has 3 aromatic heterocycles. The third-order valence-electron chi connectivity index (χ3n) is 5.04. The Morgan fingerprint density at radius 1 is 1.33 bits per heavy atom. The van der Waals surface area contributed by atoms with Crippen molar-refractivity contribution in [2.45, 2.75) is 38.7 Å². The van der Waals surface area contributed by atoms with Gasteiger partial charge in [-0.15, -0.1) is 11.3 Å². The summed E-state index contributed by atoms with van der Waals surface area (Å²) in [6, 6.07) is 7.91. The molecule has 8 nitrogen and oxygen atoms in total. The predicted molar refractivity (Wildman–Crippen MR) is 114 cm³/mol. The fourth-order valence-electron chi connectivity index (χ4n) is 3.42. The van der Waals surface area contributed by atoms with Gasteiger partial charge in [0.25, 0.3) is 5.91 Å². The van der Waals surface area contributed by atoms with Gasteiger partial charge in [-0.1, -0.05) is 0 Å². The lowest BCUT2D eigenvalue weighted by Gasteiger charge is -2.34. The van der Waals surface area contributed by atoms with E-state index in [1.54, 1.807) is 12.1 Å². The van der Waals surface area contributed by atoms with Crippen LogP contribution in [0.15, 0.2) is 46.5 Å². The van der Waals surface area contributed by atoms with Crippen molar-refractivity contribution in [3.63, 3.8) is 0 Å². The summed E-state index contributed by atoms with van der Waals surface area (Å²) in [4.78, 5) is 24.8. The molecule has 33 heavy (non-hydrogen) atoms. The van der Waals surface area contributed by atoms with Gasteiger partial charge in [0, 0.05) is 37.3 Å². The number of carboxylic acids is 1. The molecule has 4 heterocycles. The van der Waals surface area contributed by atoms with Crippen LogP contribution in [0.1, 0.15) is 39.2 Å². The van der Waals surface area contributed by atoms with E-state index in [1.165, 1.54) is 22.4 Å². The zero-order valence-corrected chi connectivity index (χ0v) is 18.5. The van der Waals surface area contributed by atoms with E-state index < -0.39 is 12.1 Å². The second-order valence-electron chi connectivity index (χ2n) is 7.44. The smallest absolute Gasteiger partial charge is 0.475 e. The van der Waals surface area contributed by atoms with E-state index in [-0.39, 0.29) is 11.9 Å². The molecule has 12 heteroatoms. The highest BCUT2D eigenvalue weighted by Crippen LogP contribution is 2.26. The summed E-state index contributed by atoms with van der Waals surface area (Å²) < 4.78 is 39.0. The molecule has 4 rings (SSSR count). The summed E-state index contributed by atoms with van der Waals surface area (Å²) in [5.41, 5.74) is 2.59. The minimum absolute atomic E-state index is 0.169. The van der Waals surface area contributed by atoms with Crippen LogP contribution in [0.3, 0.4) is 0 Å². The van der Waals surface area contributed by atoms with Crippen molar-refractivity contribution in [2.24, 2.45) is 0 Å². The second kappa shape index (κ2) is 10.7. The lowest BCUT2D eigenvalue weighted by Crippen LogP contribution is -2.38. The largest absolute Gasteiger partial charge is 0.490 e. The minimum Gasteiger partial charge on any atom is -0.475 e. The summed E-state index contributed by atoms with van der Waals surface area (Å²) in [6.07, 6.45) is -0.874. The quantitative estimate of drug-likeness (QED) is 0.551. The van der Waals surface area contributed by atoms with Crippen molar-refractivity contribution in [3.8, 4) is 0 Å². The van der Waals surface area contributed by atoms with Gasteiger partial charge in [0.2, 0.25) is 0 Å². The number of nitrogens with one attached hydrogen (secondary N) is 1. The molecule has 0 aliphatic carbocycles. The average molecular weight is 485 g/mol. The van der Waals surface area contributed by atoms with Gasteiger partial charge in [-0.3, -0.25) is 14.4 Å². The molecule has 0 spiro atoms. The van der Waals surface area contributed by atoms with Gasteiger partial charge < -0.3 is 14.8 Å². The van der Waals surface area contributed by atoms with Gasteiger partial charge in [0.05, 0.1) is 18.0 Å². The van der Waals surface area contributed by atoms with Crippen molar-refractivity contribution >= 4 is 23.2 Å².